The minimum absolute atomic E-state index is 0.127. The van der Waals surface area contributed by atoms with Crippen molar-refractivity contribution in [2.24, 2.45) is 5.10 Å². The summed E-state index contributed by atoms with van der Waals surface area (Å²) in [6.07, 6.45) is 1.94. The van der Waals surface area contributed by atoms with Crippen LogP contribution in [0, 0.1) is 6.92 Å². The molecule has 0 aromatic heterocycles. The average Bonchev–Trinajstić information content (AvgIpc) is 2.63. The number of nitrogens with zero attached hydrogens (tertiary/aromatic N) is 1. The number of hydrogen-bond donors (Lipinski definition) is 1. The molecule has 2 aromatic carbocycles. The Morgan fingerprint density at radius 2 is 1.92 bits per heavy atom. The van der Waals surface area contributed by atoms with Gasteiger partial charge in [-0.05, 0) is 37.3 Å². The fourth-order valence-electron chi connectivity index (χ4n) is 2.07. The Bertz CT molecular complexity index is 730. The molecule has 1 amide bonds. The van der Waals surface area contributed by atoms with E-state index in [9.17, 15) is 4.79 Å². The summed E-state index contributed by atoms with van der Waals surface area (Å²) in [5, 5.41) is 3.99. The number of carbonyl (C=O) groups excluding carboxylic acids is 1. The first kappa shape index (κ1) is 18.9. The molecule has 0 heterocycles. The second-order valence-corrected chi connectivity index (χ2v) is 6.48. The molecule has 6 heteroatoms. The lowest BCUT2D eigenvalue weighted by molar-refractivity contribution is -0.120. The van der Waals surface area contributed by atoms with Crippen LogP contribution in [0.15, 0.2) is 52.5 Å². The molecule has 132 valence electrons. The third-order valence-corrected chi connectivity index (χ3v) is 4.46. The summed E-state index contributed by atoms with van der Waals surface area (Å²) >= 11 is 1.65. The molecular weight excluding hydrogens is 336 g/mol. The fourth-order valence-corrected chi connectivity index (χ4v) is 2.92. The molecule has 0 radical (unpaired) electrons. The maximum atomic E-state index is 11.9. The molecule has 0 bridgehead atoms. The maximum absolute atomic E-state index is 11.9. The van der Waals surface area contributed by atoms with Gasteiger partial charge in [-0.2, -0.15) is 5.10 Å². The van der Waals surface area contributed by atoms with E-state index >= 15 is 0 Å². The third-order valence-electron chi connectivity index (χ3n) is 3.45. The van der Waals surface area contributed by atoms with Crippen LogP contribution in [0.25, 0.3) is 0 Å². The van der Waals surface area contributed by atoms with Gasteiger partial charge in [0.2, 0.25) is 5.91 Å². The highest BCUT2D eigenvalue weighted by atomic mass is 32.2. The van der Waals surface area contributed by atoms with E-state index in [-0.39, 0.29) is 5.91 Å². The number of ether oxygens (including phenoxy) is 2. The molecule has 0 aliphatic carbocycles. The molecule has 0 aliphatic rings. The molecule has 0 saturated heterocycles. The summed E-state index contributed by atoms with van der Waals surface area (Å²) < 4.78 is 10.4. The molecule has 0 fully saturated rings. The number of hydrogen-bond acceptors (Lipinski definition) is 5. The minimum Gasteiger partial charge on any atom is -0.497 e. The molecule has 5 nitrogen and oxygen atoms in total. The molecule has 0 spiro atoms. The Kier molecular flexibility index (Phi) is 7.35. The van der Waals surface area contributed by atoms with Crippen LogP contribution in [0.1, 0.15) is 17.5 Å². The lowest BCUT2D eigenvalue weighted by Gasteiger charge is -2.06. The topological polar surface area (TPSA) is 59.9 Å². The normalized spacial score (nSPS) is 10.7. The molecule has 0 atom stereocenters. The number of benzene rings is 2. The summed E-state index contributed by atoms with van der Waals surface area (Å²) in [4.78, 5) is 13.0. The number of nitrogens with one attached hydrogen (secondary N) is 1. The molecular formula is C19H22N2O3S. The second-order valence-electron chi connectivity index (χ2n) is 5.31. The quantitative estimate of drug-likeness (QED) is 0.445. The van der Waals surface area contributed by atoms with Crippen LogP contribution < -0.4 is 14.9 Å². The van der Waals surface area contributed by atoms with E-state index in [1.807, 2.05) is 0 Å². The SMILES string of the molecule is COc1ccc(OC)c(/C=N\NC(=O)CCSc2ccc(C)cc2)c1. The standard InChI is InChI=1S/C19H22N2O3S/c1-14-4-7-17(8-5-14)25-11-10-19(22)21-20-13-15-12-16(23-2)6-9-18(15)24-3/h4-9,12-13H,10-11H2,1-3H3,(H,21,22)/b20-13-. The molecule has 2 aromatic rings. The van der Waals surface area contributed by atoms with Gasteiger partial charge >= 0.3 is 0 Å². The van der Waals surface area contributed by atoms with E-state index < -0.39 is 0 Å². The summed E-state index contributed by atoms with van der Waals surface area (Å²) in [7, 11) is 3.18. The lowest BCUT2D eigenvalue weighted by Crippen LogP contribution is -2.17. The summed E-state index contributed by atoms with van der Waals surface area (Å²) in [6.45, 7) is 2.05. The van der Waals surface area contributed by atoms with Gasteiger partial charge < -0.3 is 9.47 Å². The largest absolute Gasteiger partial charge is 0.497 e. The number of carbonyl (C=O) groups is 1. The zero-order chi connectivity index (χ0) is 18.1. The molecule has 0 unspecified atom stereocenters. The Balaban J connectivity index is 1.81. The number of methoxy groups -OCH3 is 2. The monoisotopic (exact) mass is 358 g/mol. The predicted octanol–water partition coefficient (Wildman–Crippen LogP) is 3.64. The van der Waals surface area contributed by atoms with E-state index in [0.29, 0.717) is 23.7 Å². The van der Waals surface area contributed by atoms with E-state index in [2.05, 4.69) is 41.7 Å². The summed E-state index contributed by atoms with van der Waals surface area (Å²) in [5.41, 5.74) is 4.49. The Morgan fingerprint density at radius 3 is 2.60 bits per heavy atom. The van der Waals surface area contributed by atoms with Gasteiger partial charge in [-0.15, -0.1) is 11.8 Å². The van der Waals surface area contributed by atoms with Gasteiger partial charge in [0.1, 0.15) is 11.5 Å². The van der Waals surface area contributed by atoms with Crippen molar-refractivity contribution < 1.29 is 14.3 Å². The van der Waals surface area contributed by atoms with Crippen LogP contribution in [0.5, 0.6) is 11.5 Å². The Labute approximate surface area is 152 Å². The van der Waals surface area contributed by atoms with E-state index in [1.165, 1.54) is 5.56 Å². The van der Waals surface area contributed by atoms with Crippen LogP contribution in [0.2, 0.25) is 0 Å². The summed E-state index contributed by atoms with van der Waals surface area (Å²) in [5.74, 6) is 1.93. The van der Waals surface area contributed by atoms with Crippen LogP contribution in [-0.2, 0) is 4.79 Å². The van der Waals surface area contributed by atoms with E-state index in [0.717, 1.165) is 10.5 Å². The Morgan fingerprint density at radius 1 is 1.16 bits per heavy atom. The van der Waals surface area contributed by atoms with E-state index in [1.54, 1.807) is 50.4 Å². The molecule has 1 N–H and O–H groups in total. The minimum atomic E-state index is -0.127. The van der Waals surface area contributed by atoms with Crippen molar-refractivity contribution in [1.29, 1.82) is 0 Å². The third kappa shape index (κ3) is 6.15. The number of hydrazone groups is 1. The highest BCUT2D eigenvalue weighted by Crippen LogP contribution is 2.22. The number of thioether (sulfide) groups is 1. The molecule has 0 aliphatic heterocycles. The average molecular weight is 358 g/mol. The maximum Gasteiger partial charge on any atom is 0.240 e. The zero-order valence-electron chi connectivity index (χ0n) is 14.6. The van der Waals surface area contributed by atoms with Crippen molar-refractivity contribution in [3.8, 4) is 11.5 Å². The molecule has 2 rings (SSSR count). The van der Waals surface area contributed by atoms with Crippen LogP contribution in [0.4, 0.5) is 0 Å². The first-order valence-electron chi connectivity index (χ1n) is 7.86. The van der Waals surface area contributed by atoms with Crippen molar-refractivity contribution in [1.82, 2.24) is 5.43 Å². The second kappa shape index (κ2) is 9.74. The van der Waals surface area contributed by atoms with Gasteiger partial charge in [-0.1, -0.05) is 17.7 Å². The molecule has 25 heavy (non-hydrogen) atoms. The van der Waals surface area contributed by atoms with Crippen LogP contribution >= 0.6 is 11.8 Å². The highest BCUT2D eigenvalue weighted by molar-refractivity contribution is 7.99. The predicted molar refractivity (Wildman–Crippen MR) is 102 cm³/mol. The highest BCUT2D eigenvalue weighted by Gasteiger charge is 2.04. The van der Waals surface area contributed by atoms with Crippen molar-refractivity contribution in [2.75, 3.05) is 20.0 Å². The lowest BCUT2D eigenvalue weighted by atomic mass is 10.2. The van der Waals surface area contributed by atoms with Gasteiger partial charge in [0.05, 0.1) is 20.4 Å². The number of rotatable bonds is 8. The van der Waals surface area contributed by atoms with E-state index in [4.69, 9.17) is 9.47 Å². The van der Waals surface area contributed by atoms with Gasteiger partial charge in [-0.25, -0.2) is 5.43 Å². The first-order valence-corrected chi connectivity index (χ1v) is 8.84. The van der Waals surface area contributed by atoms with Crippen molar-refractivity contribution in [3.05, 3.63) is 53.6 Å². The van der Waals surface area contributed by atoms with Crippen molar-refractivity contribution in [2.45, 2.75) is 18.2 Å². The Hall–Kier alpha value is -2.47. The number of aryl methyl sites for hydroxylation is 1. The molecule has 0 saturated carbocycles. The first-order chi connectivity index (χ1) is 12.1. The van der Waals surface area contributed by atoms with Gasteiger partial charge in [-0.3, -0.25) is 4.79 Å². The summed E-state index contributed by atoms with van der Waals surface area (Å²) in [6, 6.07) is 13.6. The van der Waals surface area contributed by atoms with Crippen LogP contribution in [-0.4, -0.2) is 32.1 Å². The van der Waals surface area contributed by atoms with Crippen molar-refractivity contribution >= 4 is 23.9 Å². The number of amides is 1. The van der Waals surface area contributed by atoms with Gasteiger partial charge in [0.25, 0.3) is 0 Å². The smallest absolute Gasteiger partial charge is 0.240 e. The van der Waals surface area contributed by atoms with Crippen molar-refractivity contribution in [3.63, 3.8) is 0 Å². The van der Waals surface area contributed by atoms with Gasteiger partial charge in [0.15, 0.2) is 0 Å². The fraction of sp³-hybridized carbons (Fsp3) is 0.263. The van der Waals surface area contributed by atoms with Crippen LogP contribution in [0.3, 0.4) is 0 Å². The zero-order valence-corrected chi connectivity index (χ0v) is 15.4. The van der Waals surface area contributed by atoms with Gasteiger partial charge in [0, 0.05) is 22.6 Å².